The number of piperidine rings is 3. The summed E-state index contributed by atoms with van der Waals surface area (Å²) in [5.41, 5.74) is 2.37. The van der Waals surface area contributed by atoms with Gasteiger partial charge in [0.2, 0.25) is 0 Å². The molecule has 2 bridgehead atoms. The molecule has 0 saturated carbocycles. The molecule has 27 heavy (non-hydrogen) atoms. The van der Waals surface area contributed by atoms with Crippen LogP contribution in [0.25, 0.3) is 16.6 Å². The molecule has 6 rings (SSSR count). The molecular weight excluding hydrogens is 342 g/mol. The first kappa shape index (κ1) is 16.6. The molecule has 0 radical (unpaired) electrons. The molecule has 0 aliphatic carbocycles. The lowest BCUT2D eigenvalue weighted by Crippen LogP contribution is -2.54. The van der Waals surface area contributed by atoms with Gasteiger partial charge in [0.25, 0.3) is 0 Å². The van der Waals surface area contributed by atoms with Crippen LogP contribution in [0.15, 0.2) is 36.9 Å². The molecule has 2 aromatic heterocycles. The number of fused-ring (bicyclic) bond motifs is 6. The van der Waals surface area contributed by atoms with Gasteiger partial charge >= 0.3 is 0 Å². The van der Waals surface area contributed by atoms with Crippen LogP contribution >= 0.6 is 0 Å². The maximum atomic E-state index is 11.4. The molecular formula is C20H23N5O2. The van der Waals surface area contributed by atoms with E-state index in [-0.39, 0.29) is 6.04 Å². The Labute approximate surface area is 157 Å². The number of hydrogen-bond donors (Lipinski definition) is 1. The van der Waals surface area contributed by atoms with E-state index >= 15 is 0 Å². The van der Waals surface area contributed by atoms with Gasteiger partial charge in [-0.2, -0.15) is 4.52 Å². The predicted molar refractivity (Wildman–Crippen MR) is 102 cm³/mol. The van der Waals surface area contributed by atoms with Crippen molar-refractivity contribution in [3.05, 3.63) is 42.5 Å². The number of ether oxygens (including phenoxy) is 1. The highest BCUT2D eigenvalue weighted by molar-refractivity contribution is 5.87. The van der Waals surface area contributed by atoms with E-state index in [2.05, 4.69) is 33.1 Å². The summed E-state index contributed by atoms with van der Waals surface area (Å²) in [7, 11) is 1.65. The molecule has 3 aliphatic heterocycles. The number of rotatable bonds is 4. The summed E-state index contributed by atoms with van der Waals surface area (Å²) in [5.74, 6) is 1.88. The zero-order valence-corrected chi connectivity index (χ0v) is 15.3. The zero-order chi connectivity index (χ0) is 18.5. The van der Waals surface area contributed by atoms with Gasteiger partial charge in [-0.15, -0.1) is 11.7 Å². The predicted octanol–water partition coefficient (Wildman–Crippen LogP) is 2.22. The molecule has 140 valence electrons. The maximum absolute atomic E-state index is 11.4. The fourth-order valence-corrected chi connectivity index (χ4v) is 4.89. The lowest BCUT2D eigenvalue weighted by Gasteiger charge is -2.50. The van der Waals surface area contributed by atoms with Gasteiger partial charge in [-0.05, 0) is 71.5 Å². The Morgan fingerprint density at radius 1 is 1.37 bits per heavy atom. The third-order valence-electron chi connectivity index (χ3n) is 6.36. The number of pyridine rings is 1. The Kier molecular flexibility index (Phi) is 3.87. The summed E-state index contributed by atoms with van der Waals surface area (Å²) in [4.78, 5) is 2.41. The number of benzene rings is 1. The molecule has 3 aromatic rings. The molecule has 3 aliphatic rings. The van der Waals surface area contributed by atoms with E-state index in [1.54, 1.807) is 11.6 Å². The zero-order valence-electron chi connectivity index (χ0n) is 15.3. The monoisotopic (exact) mass is 365 g/mol. The van der Waals surface area contributed by atoms with Crippen molar-refractivity contribution in [3.8, 4) is 5.75 Å². The number of nitrogens with zero attached hydrogens (tertiary/aromatic N) is 5. The number of methoxy groups -OCH3 is 1. The SMILES string of the molecule is C=C[C@H]1CN2CC[C@H]1C[C@H]2[C@H](O)c1cc2nnnn2c2ccc(OC)cc12. The summed E-state index contributed by atoms with van der Waals surface area (Å²) in [6.07, 6.45) is 3.64. The highest BCUT2D eigenvalue weighted by atomic mass is 16.5. The van der Waals surface area contributed by atoms with Crippen molar-refractivity contribution < 1.29 is 9.84 Å². The molecule has 5 atom stereocenters. The Hall–Kier alpha value is -2.51. The largest absolute Gasteiger partial charge is 0.497 e. The second-order valence-corrected chi connectivity index (χ2v) is 7.62. The van der Waals surface area contributed by atoms with Crippen LogP contribution < -0.4 is 4.74 Å². The molecule has 1 unspecified atom stereocenters. The Morgan fingerprint density at radius 2 is 2.26 bits per heavy atom. The first-order valence-electron chi connectivity index (χ1n) is 9.43. The van der Waals surface area contributed by atoms with Gasteiger partial charge < -0.3 is 9.84 Å². The lowest BCUT2D eigenvalue weighted by atomic mass is 9.73. The highest BCUT2D eigenvalue weighted by Gasteiger charge is 2.42. The summed E-state index contributed by atoms with van der Waals surface area (Å²) in [6, 6.07) is 7.79. The number of tetrazole rings is 1. The highest BCUT2D eigenvalue weighted by Crippen LogP contribution is 2.42. The first-order chi connectivity index (χ1) is 13.2. The van der Waals surface area contributed by atoms with Crippen molar-refractivity contribution in [1.82, 2.24) is 24.9 Å². The van der Waals surface area contributed by atoms with E-state index in [1.807, 2.05) is 24.3 Å². The lowest BCUT2D eigenvalue weighted by molar-refractivity contribution is -0.0444. The molecule has 3 fully saturated rings. The topological polar surface area (TPSA) is 75.8 Å². The smallest absolute Gasteiger partial charge is 0.180 e. The van der Waals surface area contributed by atoms with Gasteiger partial charge in [-0.3, -0.25) is 4.90 Å². The van der Waals surface area contributed by atoms with E-state index < -0.39 is 6.10 Å². The summed E-state index contributed by atoms with van der Waals surface area (Å²) < 4.78 is 7.11. The van der Waals surface area contributed by atoms with Crippen molar-refractivity contribution in [2.45, 2.75) is 25.0 Å². The Balaban J connectivity index is 1.61. The minimum Gasteiger partial charge on any atom is -0.497 e. The summed E-state index contributed by atoms with van der Waals surface area (Å²) in [6.45, 7) is 6.00. The summed E-state index contributed by atoms with van der Waals surface area (Å²) >= 11 is 0. The van der Waals surface area contributed by atoms with Gasteiger partial charge in [0.15, 0.2) is 5.65 Å². The van der Waals surface area contributed by atoms with Crippen LogP contribution in [-0.2, 0) is 0 Å². The average Bonchev–Trinajstić information content (AvgIpc) is 3.21. The van der Waals surface area contributed by atoms with Crippen molar-refractivity contribution in [2.24, 2.45) is 11.8 Å². The van der Waals surface area contributed by atoms with E-state index in [0.717, 1.165) is 41.7 Å². The quantitative estimate of drug-likeness (QED) is 0.715. The van der Waals surface area contributed by atoms with Gasteiger partial charge in [0.05, 0.1) is 18.7 Å². The van der Waals surface area contributed by atoms with Gasteiger partial charge in [0, 0.05) is 18.0 Å². The van der Waals surface area contributed by atoms with Crippen LogP contribution in [0.5, 0.6) is 5.75 Å². The molecule has 3 saturated heterocycles. The van der Waals surface area contributed by atoms with Crippen molar-refractivity contribution in [1.29, 1.82) is 0 Å². The molecule has 1 aromatic carbocycles. The van der Waals surface area contributed by atoms with Gasteiger partial charge in [0.1, 0.15) is 5.75 Å². The van der Waals surface area contributed by atoms with E-state index in [4.69, 9.17) is 4.74 Å². The van der Waals surface area contributed by atoms with Crippen LogP contribution in [0.4, 0.5) is 0 Å². The van der Waals surface area contributed by atoms with Crippen LogP contribution in [0.2, 0.25) is 0 Å². The maximum Gasteiger partial charge on any atom is 0.180 e. The molecule has 1 N–H and O–H groups in total. The average molecular weight is 365 g/mol. The third-order valence-corrected chi connectivity index (χ3v) is 6.36. The third kappa shape index (κ3) is 2.53. The number of aliphatic hydroxyl groups excluding tert-OH is 1. The van der Waals surface area contributed by atoms with Crippen LogP contribution in [-0.4, -0.2) is 56.3 Å². The van der Waals surface area contributed by atoms with E-state index in [0.29, 0.717) is 17.5 Å². The minimum absolute atomic E-state index is 0.104. The van der Waals surface area contributed by atoms with Crippen molar-refractivity contribution >= 4 is 16.6 Å². The molecule has 0 spiro atoms. The second kappa shape index (κ2) is 6.28. The Morgan fingerprint density at radius 3 is 3.00 bits per heavy atom. The number of aromatic nitrogens is 4. The van der Waals surface area contributed by atoms with Crippen LogP contribution in [0.1, 0.15) is 24.5 Å². The molecule has 0 amide bonds. The minimum atomic E-state index is -0.602. The van der Waals surface area contributed by atoms with Gasteiger partial charge in [-0.25, -0.2) is 0 Å². The fourth-order valence-electron chi connectivity index (χ4n) is 4.89. The first-order valence-corrected chi connectivity index (χ1v) is 9.43. The number of aliphatic hydroxyl groups is 1. The van der Waals surface area contributed by atoms with Gasteiger partial charge in [-0.1, -0.05) is 6.08 Å². The normalized spacial score (nSPS) is 28.5. The second-order valence-electron chi connectivity index (χ2n) is 7.62. The van der Waals surface area contributed by atoms with Crippen LogP contribution in [0, 0.1) is 11.8 Å². The summed E-state index contributed by atoms with van der Waals surface area (Å²) in [5, 5.41) is 24.3. The fraction of sp³-hybridized carbons (Fsp3) is 0.450. The molecule has 5 heterocycles. The molecule has 7 heteroatoms. The molecule has 7 nitrogen and oxygen atoms in total. The standard InChI is InChI=1S/C20H23N5O2/c1-3-12-11-24-7-6-13(12)8-18(24)20(26)16-10-19-21-22-23-25(19)17-5-4-14(27-2)9-15(16)17/h3-5,9-10,12-13,18,20,26H,1,6-8,11H2,2H3/t12-,13-,18-,20+/m0/s1. The Bertz CT molecular complexity index is 1020. The van der Waals surface area contributed by atoms with Crippen molar-refractivity contribution in [3.63, 3.8) is 0 Å². The van der Waals surface area contributed by atoms with E-state index in [1.165, 1.54) is 6.42 Å². The van der Waals surface area contributed by atoms with Crippen LogP contribution in [0.3, 0.4) is 0 Å². The van der Waals surface area contributed by atoms with Crippen molar-refractivity contribution in [2.75, 3.05) is 20.2 Å². The van der Waals surface area contributed by atoms with E-state index in [9.17, 15) is 5.11 Å². The number of hydrogen-bond acceptors (Lipinski definition) is 6.